The zero-order valence-electron chi connectivity index (χ0n) is 19.2. The molecule has 3 N–H and O–H groups in total. The number of carboxylic acid groups (broad SMARTS) is 1. The maximum Gasteiger partial charge on any atom is 0.408 e. The van der Waals surface area contributed by atoms with Crippen LogP contribution in [0.5, 0.6) is 0 Å². The van der Waals surface area contributed by atoms with E-state index in [-0.39, 0.29) is 24.6 Å². The van der Waals surface area contributed by atoms with Crippen LogP contribution in [-0.2, 0) is 14.3 Å². The van der Waals surface area contributed by atoms with Gasteiger partial charge in [0.25, 0.3) is 0 Å². The number of hydrogen-bond donors (Lipinski definition) is 3. The van der Waals surface area contributed by atoms with Crippen molar-refractivity contribution < 1.29 is 24.2 Å². The molecule has 0 unspecified atom stereocenters. The minimum absolute atomic E-state index is 0.0205. The highest BCUT2D eigenvalue weighted by Gasteiger charge is 2.30. The van der Waals surface area contributed by atoms with E-state index in [1.807, 2.05) is 42.5 Å². The van der Waals surface area contributed by atoms with E-state index in [1.165, 1.54) is 13.0 Å². The van der Waals surface area contributed by atoms with Crippen LogP contribution in [0.2, 0.25) is 0 Å². The Morgan fingerprint density at radius 2 is 1.49 bits per heavy atom. The first kappa shape index (κ1) is 23.8. The zero-order chi connectivity index (χ0) is 24.8. The normalized spacial score (nSPS) is 13.3. The molecule has 178 valence electrons. The zero-order valence-corrected chi connectivity index (χ0v) is 19.2. The van der Waals surface area contributed by atoms with Crippen molar-refractivity contribution in [1.82, 2.24) is 10.6 Å². The summed E-state index contributed by atoms with van der Waals surface area (Å²) in [6, 6.07) is 23.9. The highest BCUT2D eigenvalue weighted by atomic mass is 16.5. The van der Waals surface area contributed by atoms with Crippen LogP contribution in [0.25, 0.3) is 11.1 Å². The molecule has 0 fully saturated rings. The highest BCUT2D eigenvalue weighted by Crippen LogP contribution is 2.44. The summed E-state index contributed by atoms with van der Waals surface area (Å²) >= 11 is 0. The average molecular weight is 471 g/mol. The number of carboxylic acids is 1. The van der Waals surface area contributed by atoms with Gasteiger partial charge in [-0.2, -0.15) is 0 Å². The average Bonchev–Trinajstić information content (AvgIpc) is 3.20. The van der Waals surface area contributed by atoms with Gasteiger partial charge in [-0.3, -0.25) is 4.79 Å². The van der Waals surface area contributed by atoms with Crippen LogP contribution in [0, 0.1) is 0 Å². The SMILES string of the molecule is C/C(=C\CNC(=O)[C@@H](NC(=O)OCC1c2ccccc2-c2ccccc21)c1ccccc1)C(=O)O. The molecule has 1 aliphatic carbocycles. The molecule has 7 nitrogen and oxygen atoms in total. The van der Waals surface area contributed by atoms with Gasteiger partial charge in [-0.1, -0.05) is 84.9 Å². The Morgan fingerprint density at radius 1 is 0.914 bits per heavy atom. The third-order valence-corrected chi connectivity index (χ3v) is 6.02. The van der Waals surface area contributed by atoms with Gasteiger partial charge in [0.05, 0.1) is 0 Å². The smallest absolute Gasteiger partial charge is 0.408 e. The number of benzene rings is 3. The van der Waals surface area contributed by atoms with Gasteiger partial charge in [0.2, 0.25) is 5.91 Å². The molecule has 35 heavy (non-hydrogen) atoms. The molecule has 7 heteroatoms. The first-order chi connectivity index (χ1) is 17.0. The number of carbonyl (C=O) groups excluding carboxylic acids is 2. The maximum atomic E-state index is 12.9. The Labute approximate surface area is 203 Å². The number of rotatable bonds is 8. The number of ether oxygens (including phenoxy) is 1. The van der Waals surface area contributed by atoms with Crippen molar-refractivity contribution in [3.05, 3.63) is 107 Å². The molecule has 3 aromatic rings. The molecule has 1 atom stereocenters. The fourth-order valence-corrected chi connectivity index (χ4v) is 4.20. The molecule has 0 bridgehead atoms. The number of carbonyl (C=O) groups is 3. The van der Waals surface area contributed by atoms with Crippen molar-refractivity contribution in [2.75, 3.05) is 13.2 Å². The summed E-state index contributed by atoms with van der Waals surface area (Å²) in [6.45, 7) is 1.59. The second-order valence-electron chi connectivity index (χ2n) is 8.25. The third-order valence-electron chi connectivity index (χ3n) is 6.02. The molecule has 0 saturated heterocycles. The Kier molecular flexibility index (Phi) is 7.26. The number of fused-ring (bicyclic) bond motifs is 3. The van der Waals surface area contributed by atoms with Gasteiger partial charge in [-0.05, 0) is 34.7 Å². The van der Waals surface area contributed by atoms with Crippen LogP contribution in [0.3, 0.4) is 0 Å². The highest BCUT2D eigenvalue weighted by molar-refractivity contribution is 5.88. The number of hydrogen-bond acceptors (Lipinski definition) is 4. The van der Waals surface area contributed by atoms with Crippen molar-refractivity contribution in [3.8, 4) is 11.1 Å². The predicted molar refractivity (Wildman–Crippen MR) is 132 cm³/mol. The fourth-order valence-electron chi connectivity index (χ4n) is 4.20. The summed E-state index contributed by atoms with van der Waals surface area (Å²) < 4.78 is 5.60. The van der Waals surface area contributed by atoms with Gasteiger partial charge in [0.15, 0.2) is 0 Å². The minimum Gasteiger partial charge on any atom is -0.478 e. The summed E-state index contributed by atoms with van der Waals surface area (Å²) in [5, 5.41) is 14.3. The van der Waals surface area contributed by atoms with E-state index in [0.717, 1.165) is 22.3 Å². The Balaban J connectivity index is 1.45. The van der Waals surface area contributed by atoms with Crippen LogP contribution in [0.1, 0.15) is 35.6 Å². The van der Waals surface area contributed by atoms with Gasteiger partial charge < -0.3 is 20.5 Å². The Hall–Kier alpha value is -4.39. The van der Waals surface area contributed by atoms with E-state index in [1.54, 1.807) is 24.3 Å². The number of nitrogens with one attached hydrogen (secondary N) is 2. The van der Waals surface area contributed by atoms with Crippen LogP contribution in [0.15, 0.2) is 90.5 Å². The van der Waals surface area contributed by atoms with E-state index in [4.69, 9.17) is 9.84 Å². The van der Waals surface area contributed by atoms with Crippen molar-refractivity contribution in [2.45, 2.75) is 18.9 Å². The molecule has 3 aromatic carbocycles. The van der Waals surface area contributed by atoms with Gasteiger partial charge in [0.1, 0.15) is 12.6 Å². The summed E-state index contributed by atoms with van der Waals surface area (Å²) in [4.78, 5) is 36.6. The topological polar surface area (TPSA) is 105 Å². The molecule has 1 aliphatic rings. The molecule has 0 radical (unpaired) electrons. The van der Waals surface area contributed by atoms with Crippen molar-refractivity contribution >= 4 is 18.0 Å². The molecule has 0 spiro atoms. The molecule has 0 aromatic heterocycles. The minimum atomic E-state index is -1.06. The van der Waals surface area contributed by atoms with Crippen LogP contribution in [-0.4, -0.2) is 36.2 Å². The third kappa shape index (κ3) is 5.41. The molecule has 2 amide bonds. The largest absolute Gasteiger partial charge is 0.478 e. The summed E-state index contributed by atoms with van der Waals surface area (Å²) in [5.41, 5.74) is 5.15. The summed E-state index contributed by atoms with van der Waals surface area (Å²) in [7, 11) is 0. The fraction of sp³-hybridized carbons (Fsp3) is 0.179. The molecule has 0 heterocycles. The lowest BCUT2D eigenvalue weighted by atomic mass is 9.98. The lowest BCUT2D eigenvalue weighted by molar-refractivity contribution is -0.132. The van der Waals surface area contributed by atoms with Crippen molar-refractivity contribution in [2.24, 2.45) is 0 Å². The lowest BCUT2D eigenvalue weighted by Gasteiger charge is -2.20. The standard InChI is InChI=1S/C28H26N2O5/c1-18(27(32)33)15-16-29-26(31)25(19-9-3-2-4-10-19)30-28(34)35-17-24-22-13-7-5-11-20(22)21-12-6-8-14-23(21)24/h2-15,24-25H,16-17H2,1H3,(H,29,31)(H,30,34)(H,32,33)/b18-15+/t25-/m0/s1. The van der Waals surface area contributed by atoms with E-state index < -0.39 is 24.0 Å². The molecule has 0 aliphatic heterocycles. The van der Waals surface area contributed by atoms with Crippen molar-refractivity contribution in [1.29, 1.82) is 0 Å². The van der Waals surface area contributed by atoms with Gasteiger partial charge in [-0.25, -0.2) is 9.59 Å². The van der Waals surface area contributed by atoms with Crippen LogP contribution < -0.4 is 10.6 Å². The first-order valence-corrected chi connectivity index (χ1v) is 11.3. The Bertz CT molecular complexity index is 1220. The summed E-state index contributed by atoms with van der Waals surface area (Å²) in [5.74, 6) is -1.63. The monoisotopic (exact) mass is 470 g/mol. The first-order valence-electron chi connectivity index (χ1n) is 11.3. The molecular weight excluding hydrogens is 444 g/mol. The van der Waals surface area contributed by atoms with Gasteiger partial charge >= 0.3 is 12.1 Å². The maximum absolute atomic E-state index is 12.9. The van der Waals surface area contributed by atoms with Crippen LogP contribution >= 0.6 is 0 Å². The van der Waals surface area contributed by atoms with E-state index in [0.29, 0.717) is 5.56 Å². The predicted octanol–water partition coefficient (Wildman–Crippen LogP) is 4.41. The molecule has 4 rings (SSSR count). The Morgan fingerprint density at radius 3 is 2.09 bits per heavy atom. The molecular formula is C28H26N2O5. The second-order valence-corrected chi connectivity index (χ2v) is 8.25. The number of aliphatic carboxylic acids is 1. The van der Waals surface area contributed by atoms with E-state index >= 15 is 0 Å². The van der Waals surface area contributed by atoms with Gasteiger partial charge in [0, 0.05) is 18.0 Å². The van der Waals surface area contributed by atoms with E-state index in [9.17, 15) is 14.4 Å². The van der Waals surface area contributed by atoms with Crippen molar-refractivity contribution in [3.63, 3.8) is 0 Å². The van der Waals surface area contributed by atoms with Gasteiger partial charge in [-0.15, -0.1) is 0 Å². The second kappa shape index (κ2) is 10.7. The number of alkyl carbamates (subject to hydrolysis) is 1. The van der Waals surface area contributed by atoms with Crippen LogP contribution in [0.4, 0.5) is 4.79 Å². The van der Waals surface area contributed by atoms with E-state index in [2.05, 4.69) is 22.8 Å². The molecule has 0 saturated carbocycles. The lowest BCUT2D eigenvalue weighted by Crippen LogP contribution is -2.41. The quantitative estimate of drug-likeness (QED) is 0.423. The number of amides is 2. The summed E-state index contributed by atoms with van der Waals surface area (Å²) in [6.07, 6.45) is 0.684.